The fraction of sp³-hybridized carbons (Fsp3) is 0.500. The first-order chi connectivity index (χ1) is 12.2. The average molecular weight is 339 g/mol. The SMILES string of the molecule is CN1CCCCC1c1nc2c3c(oc2c(=O)[nH]1)-c1cn[nH]c1CCC3. The molecule has 1 saturated heterocycles. The van der Waals surface area contributed by atoms with Crippen LogP contribution < -0.4 is 5.56 Å². The van der Waals surface area contributed by atoms with Gasteiger partial charge < -0.3 is 9.40 Å². The standard InChI is InChI=1S/C18H21N5O2/c1-23-8-3-2-7-13(23)17-20-14-10-5-4-6-12-11(9-19-22-12)15(10)25-16(14)18(24)21-17/h9,13H,2-8H2,1H3,(H,19,22)(H,20,21,24). The van der Waals surface area contributed by atoms with E-state index in [0.29, 0.717) is 5.58 Å². The number of likely N-dealkylation sites (tertiary alicyclic amines) is 1. The Morgan fingerprint density at radius 3 is 3.08 bits per heavy atom. The summed E-state index contributed by atoms with van der Waals surface area (Å²) in [7, 11) is 2.10. The molecule has 7 nitrogen and oxygen atoms in total. The molecule has 0 saturated carbocycles. The van der Waals surface area contributed by atoms with E-state index < -0.39 is 0 Å². The van der Waals surface area contributed by atoms with Gasteiger partial charge in [0.1, 0.15) is 17.1 Å². The summed E-state index contributed by atoms with van der Waals surface area (Å²) in [5.41, 5.74) is 3.95. The van der Waals surface area contributed by atoms with Crippen molar-refractivity contribution in [3.63, 3.8) is 0 Å². The molecule has 1 aliphatic carbocycles. The van der Waals surface area contributed by atoms with Crippen LogP contribution in [0.2, 0.25) is 0 Å². The smallest absolute Gasteiger partial charge is 0.294 e. The lowest BCUT2D eigenvalue weighted by molar-refractivity contribution is 0.179. The molecule has 0 amide bonds. The zero-order valence-electron chi connectivity index (χ0n) is 14.3. The second kappa shape index (κ2) is 5.56. The third kappa shape index (κ3) is 2.26. The summed E-state index contributed by atoms with van der Waals surface area (Å²) in [5, 5.41) is 7.18. The molecule has 2 aliphatic rings. The van der Waals surface area contributed by atoms with Crippen LogP contribution in [0.25, 0.3) is 22.4 Å². The minimum atomic E-state index is -0.183. The van der Waals surface area contributed by atoms with Gasteiger partial charge in [0.25, 0.3) is 5.56 Å². The molecule has 130 valence electrons. The molecule has 5 rings (SSSR count). The molecule has 4 heterocycles. The molecule has 0 radical (unpaired) electrons. The van der Waals surface area contributed by atoms with Crippen molar-refractivity contribution >= 4 is 11.1 Å². The average Bonchev–Trinajstić information content (AvgIpc) is 3.17. The van der Waals surface area contributed by atoms with Crippen LogP contribution in [0.1, 0.15) is 48.8 Å². The van der Waals surface area contributed by atoms with Crippen molar-refractivity contribution in [3.8, 4) is 11.3 Å². The lowest BCUT2D eigenvalue weighted by Crippen LogP contribution is -2.32. The number of rotatable bonds is 1. The maximum atomic E-state index is 12.7. The van der Waals surface area contributed by atoms with E-state index in [4.69, 9.17) is 9.40 Å². The number of nitrogens with zero attached hydrogens (tertiary/aromatic N) is 3. The van der Waals surface area contributed by atoms with Crippen LogP contribution in [0.3, 0.4) is 0 Å². The number of piperidine rings is 1. The van der Waals surface area contributed by atoms with Gasteiger partial charge in [0.15, 0.2) is 0 Å². The number of hydrogen-bond donors (Lipinski definition) is 2. The number of aromatic amines is 2. The second-order valence-corrected chi connectivity index (χ2v) is 7.15. The molecule has 0 bridgehead atoms. The quantitative estimate of drug-likeness (QED) is 0.711. The van der Waals surface area contributed by atoms with Crippen molar-refractivity contribution in [2.24, 2.45) is 0 Å². The van der Waals surface area contributed by atoms with E-state index in [1.807, 2.05) is 0 Å². The second-order valence-electron chi connectivity index (χ2n) is 7.15. The Balaban J connectivity index is 1.71. The van der Waals surface area contributed by atoms with E-state index in [1.165, 1.54) is 12.8 Å². The Morgan fingerprint density at radius 2 is 2.20 bits per heavy atom. The number of aryl methyl sites for hydroxylation is 2. The zero-order valence-corrected chi connectivity index (χ0v) is 14.3. The van der Waals surface area contributed by atoms with Gasteiger partial charge in [-0.25, -0.2) is 4.98 Å². The lowest BCUT2D eigenvalue weighted by Gasteiger charge is -2.31. The number of aromatic nitrogens is 4. The van der Waals surface area contributed by atoms with E-state index in [9.17, 15) is 4.79 Å². The first-order valence-electron chi connectivity index (χ1n) is 9.01. The molecule has 1 fully saturated rings. The highest BCUT2D eigenvalue weighted by Gasteiger charge is 2.28. The number of hydrogen-bond acceptors (Lipinski definition) is 5. The highest BCUT2D eigenvalue weighted by Crippen LogP contribution is 2.37. The Hall–Kier alpha value is -2.41. The molecule has 7 heteroatoms. The predicted molar refractivity (Wildman–Crippen MR) is 93.5 cm³/mol. The van der Waals surface area contributed by atoms with Gasteiger partial charge in [0, 0.05) is 11.3 Å². The Bertz CT molecular complexity index is 999. The maximum absolute atomic E-state index is 12.7. The van der Waals surface area contributed by atoms with Crippen molar-refractivity contribution in [2.45, 2.75) is 44.6 Å². The molecular weight excluding hydrogens is 318 g/mol. The van der Waals surface area contributed by atoms with Crippen molar-refractivity contribution in [1.29, 1.82) is 0 Å². The van der Waals surface area contributed by atoms with Gasteiger partial charge in [-0.05, 0) is 45.7 Å². The Kier molecular flexibility index (Phi) is 3.31. The minimum absolute atomic E-state index is 0.173. The van der Waals surface area contributed by atoms with Crippen molar-refractivity contribution in [2.75, 3.05) is 13.6 Å². The van der Waals surface area contributed by atoms with Crippen LogP contribution in [0.15, 0.2) is 15.4 Å². The molecule has 1 unspecified atom stereocenters. The normalized spacial score (nSPS) is 21.1. The fourth-order valence-corrected chi connectivity index (χ4v) is 4.22. The van der Waals surface area contributed by atoms with Crippen molar-refractivity contribution < 1.29 is 4.42 Å². The summed E-state index contributed by atoms with van der Waals surface area (Å²) in [6.45, 7) is 1.04. The minimum Gasteiger partial charge on any atom is -0.448 e. The monoisotopic (exact) mass is 339 g/mol. The molecule has 3 aromatic heterocycles. The molecular formula is C18H21N5O2. The van der Waals surface area contributed by atoms with Crippen LogP contribution in [0.4, 0.5) is 0 Å². The highest BCUT2D eigenvalue weighted by molar-refractivity contribution is 5.85. The van der Waals surface area contributed by atoms with Crippen LogP contribution in [-0.4, -0.2) is 38.7 Å². The van der Waals surface area contributed by atoms with Gasteiger partial charge in [-0.15, -0.1) is 0 Å². The van der Waals surface area contributed by atoms with Gasteiger partial charge in [0.2, 0.25) is 5.58 Å². The van der Waals surface area contributed by atoms with Gasteiger partial charge in [-0.2, -0.15) is 5.10 Å². The highest BCUT2D eigenvalue weighted by atomic mass is 16.3. The first-order valence-corrected chi connectivity index (χ1v) is 9.01. The number of fused-ring (bicyclic) bond motifs is 5. The molecule has 3 aromatic rings. The van der Waals surface area contributed by atoms with Crippen molar-refractivity contribution in [3.05, 3.63) is 33.6 Å². The van der Waals surface area contributed by atoms with Crippen LogP contribution in [0.5, 0.6) is 0 Å². The summed E-state index contributed by atoms with van der Waals surface area (Å²) >= 11 is 0. The molecule has 1 aliphatic heterocycles. The molecule has 25 heavy (non-hydrogen) atoms. The van der Waals surface area contributed by atoms with Crippen LogP contribution in [0, 0.1) is 0 Å². The maximum Gasteiger partial charge on any atom is 0.294 e. The third-order valence-electron chi connectivity index (χ3n) is 5.56. The van der Waals surface area contributed by atoms with Crippen LogP contribution in [-0.2, 0) is 12.8 Å². The van der Waals surface area contributed by atoms with E-state index in [0.717, 1.165) is 66.2 Å². The zero-order chi connectivity index (χ0) is 17.0. The Labute approximate surface area is 144 Å². The topological polar surface area (TPSA) is 90.8 Å². The van der Waals surface area contributed by atoms with E-state index >= 15 is 0 Å². The third-order valence-corrected chi connectivity index (χ3v) is 5.56. The molecule has 1 atom stereocenters. The fourth-order valence-electron chi connectivity index (χ4n) is 4.22. The summed E-state index contributed by atoms with van der Waals surface area (Å²) in [5.74, 6) is 1.52. The number of nitrogens with one attached hydrogen (secondary N) is 2. The van der Waals surface area contributed by atoms with E-state index in [-0.39, 0.29) is 11.6 Å². The lowest BCUT2D eigenvalue weighted by atomic mass is 10.0. The van der Waals surface area contributed by atoms with Crippen LogP contribution >= 0.6 is 0 Å². The summed E-state index contributed by atoms with van der Waals surface area (Å²) < 4.78 is 5.98. The van der Waals surface area contributed by atoms with Gasteiger partial charge >= 0.3 is 0 Å². The summed E-state index contributed by atoms with van der Waals surface area (Å²) in [6, 6.07) is 0.173. The molecule has 0 spiro atoms. The predicted octanol–water partition coefficient (Wildman–Crippen LogP) is 2.55. The van der Waals surface area contributed by atoms with E-state index in [2.05, 4.69) is 27.1 Å². The summed E-state index contributed by atoms with van der Waals surface area (Å²) in [6.07, 6.45) is 7.96. The van der Waals surface area contributed by atoms with Crippen molar-refractivity contribution in [1.82, 2.24) is 25.1 Å². The summed E-state index contributed by atoms with van der Waals surface area (Å²) in [4.78, 5) is 22.8. The van der Waals surface area contributed by atoms with E-state index in [1.54, 1.807) is 6.20 Å². The van der Waals surface area contributed by atoms with Gasteiger partial charge in [-0.3, -0.25) is 14.8 Å². The van der Waals surface area contributed by atoms with Gasteiger partial charge in [0.05, 0.1) is 17.8 Å². The Morgan fingerprint density at radius 1 is 1.28 bits per heavy atom. The molecule has 2 N–H and O–H groups in total. The number of H-pyrrole nitrogens is 2. The largest absolute Gasteiger partial charge is 0.448 e. The number of furan rings is 1. The van der Waals surface area contributed by atoms with Gasteiger partial charge in [-0.1, -0.05) is 6.42 Å². The molecule has 0 aromatic carbocycles. The first kappa shape index (κ1) is 14.9.